The fraction of sp³-hybridized carbons (Fsp3) is 0.273. The molecule has 0 saturated heterocycles. The molecule has 1 amide bonds. The van der Waals surface area contributed by atoms with Crippen molar-refractivity contribution in [1.29, 1.82) is 0 Å². The van der Waals surface area contributed by atoms with Crippen LogP contribution in [0.2, 0.25) is 5.15 Å². The van der Waals surface area contributed by atoms with Crippen LogP contribution in [0.1, 0.15) is 23.1 Å². The largest absolute Gasteiger partial charge is 0.305 e. The fourth-order valence-electron chi connectivity index (χ4n) is 1.49. The summed E-state index contributed by atoms with van der Waals surface area (Å²) in [6, 6.07) is 3.23. The van der Waals surface area contributed by atoms with Crippen LogP contribution in [-0.4, -0.2) is 25.7 Å². The van der Waals surface area contributed by atoms with E-state index in [0.717, 1.165) is 12.1 Å². The van der Waals surface area contributed by atoms with Crippen LogP contribution in [0.5, 0.6) is 0 Å². The first-order valence-electron chi connectivity index (χ1n) is 5.42. The highest BCUT2D eigenvalue weighted by Crippen LogP contribution is 2.11. The molecule has 0 atom stereocenters. The SMILES string of the molecule is CCc1cc(C(=O)Nc2cc(Cl)ncn2)n(C)n1. The number of carbonyl (C=O) groups excluding carboxylic acids is 1. The molecule has 0 bridgehead atoms. The lowest BCUT2D eigenvalue weighted by molar-refractivity contribution is 0.101. The second-order valence-corrected chi connectivity index (χ2v) is 4.07. The quantitative estimate of drug-likeness (QED) is 0.857. The van der Waals surface area contributed by atoms with Gasteiger partial charge >= 0.3 is 0 Å². The van der Waals surface area contributed by atoms with Crippen molar-refractivity contribution in [3.8, 4) is 0 Å². The number of aryl methyl sites for hydroxylation is 2. The third-order valence-corrected chi connectivity index (χ3v) is 2.61. The van der Waals surface area contributed by atoms with Crippen molar-refractivity contribution in [3.63, 3.8) is 0 Å². The molecule has 0 spiro atoms. The van der Waals surface area contributed by atoms with E-state index < -0.39 is 0 Å². The summed E-state index contributed by atoms with van der Waals surface area (Å²) in [5.41, 5.74) is 1.34. The lowest BCUT2D eigenvalue weighted by atomic mass is 10.3. The fourth-order valence-corrected chi connectivity index (χ4v) is 1.64. The Morgan fingerprint density at radius 3 is 2.83 bits per heavy atom. The summed E-state index contributed by atoms with van der Waals surface area (Å²) in [4.78, 5) is 19.6. The molecule has 2 heterocycles. The van der Waals surface area contributed by atoms with Gasteiger partial charge in [0.1, 0.15) is 23.0 Å². The van der Waals surface area contributed by atoms with Crippen molar-refractivity contribution in [2.24, 2.45) is 7.05 Å². The van der Waals surface area contributed by atoms with Gasteiger partial charge in [-0.05, 0) is 12.5 Å². The van der Waals surface area contributed by atoms with E-state index in [2.05, 4.69) is 20.4 Å². The van der Waals surface area contributed by atoms with E-state index in [0.29, 0.717) is 11.5 Å². The Bertz CT molecular complexity index is 581. The van der Waals surface area contributed by atoms with Gasteiger partial charge in [-0.25, -0.2) is 9.97 Å². The van der Waals surface area contributed by atoms with Crippen molar-refractivity contribution in [2.45, 2.75) is 13.3 Å². The van der Waals surface area contributed by atoms with Crippen molar-refractivity contribution >= 4 is 23.3 Å². The number of amides is 1. The third kappa shape index (κ3) is 2.65. The van der Waals surface area contributed by atoms with Gasteiger partial charge in [0.05, 0.1) is 5.69 Å². The predicted octanol–water partition coefficient (Wildman–Crippen LogP) is 1.68. The lowest BCUT2D eigenvalue weighted by Gasteiger charge is -2.03. The zero-order valence-corrected chi connectivity index (χ0v) is 10.8. The molecule has 0 aliphatic carbocycles. The molecule has 0 aliphatic heterocycles. The summed E-state index contributed by atoms with van der Waals surface area (Å²) >= 11 is 5.71. The summed E-state index contributed by atoms with van der Waals surface area (Å²) in [5, 5.41) is 7.13. The maximum Gasteiger partial charge on any atom is 0.275 e. The maximum atomic E-state index is 12.0. The highest BCUT2D eigenvalue weighted by molar-refractivity contribution is 6.29. The van der Waals surface area contributed by atoms with Crippen molar-refractivity contribution < 1.29 is 4.79 Å². The van der Waals surface area contributed by atoms with E-state index in [-0.39, 0.29) is 11.1 Å². The summed E-state index contributed by atoms with van der Waals surface area (Å²) in [6.07, 6.45) is 2.07. The standard InChI is InChI=1S/C11H12ClN5O/c1-3-7-4-8(17(2)16-7)11(18)15-10-5-9(12)13-6-14-10/h4-6H,3H2,1-2H3,(H,13,14,15,18). The van der Waals surface area contributed by atoms with Crippen molar-refractivity contribution in [1.82, 2.24) is 19.7 Å². The minimum Gasteiger partial charge on any atom is -0.305 e. The average molecular weight is 266 g/mol. The average Bonchev–Trinajstić information content (AvgIpc) is 2.70. The highest BCUT2D eigenvalue weighted by Gasteiger charge is 2.13. The number of hydrogen-bond acceptors (Lipinski definition) is 4. The van der Waals surface area contributed by atoms with Gasteiger partial charge in [0.25, 0.3) is 5.91 Å². The van der Waals surface area contributed by atoms with Gasteiger partial charge in [0.15, 0.2) is 0 Å². The molecule has 0 aromatic carbocycles. The molecule has 0 unspecified atom stereocenters. The second-order valence-electron chi connectivity index (χ2n) is 3.68. The Hall–Kier alpha value is -1.95. The number of aromatic nitrogens is 4. The van der Waals surface area contributed by atoms with Crippen LogP contribution in [0.15, 0.2) is 18.5 Å². The molecule has 0 aliphatic rings. The molecule has 1 N–H and O–H groups in total. The van der Waals surface area contributed by atoms with E-state index in [1.165, 1.54) is 17.1 Å². The van der Waals surface area contributed by atoms with Gasteiger partial charge in [-0.1, -0.05) is 18.5 Å². The van der Waals surface area contributed by atoms with Gasteiger partial charge < -0.3 is 5.32 Å². The molecular weight excluding hydrogens is 254 g/mol. The molecule has 18 heavy (non-hydrogen) atoms. The monoisotopic (exact) mass is 265 g/mol. The van der Waals surface area contributed by atoms with Crippen LogP contribution in [0.3, 0.4) is 0 Å². The molecule has 0 fully saturated rings. The Kier molecular flexibility index (Phi) is 3.57. The summed E-state index contributed by atoms with van der Waals surface area (Å²) < 4.78 is 1.54. The van der Waals surface area contributed by atoms with Crippen molar-refractivity contribution in [2.75, 3.05) is 5.32 Å². The zero-order chi connectivity index (χ0) is 13.1. The van der Waals surface area contributed by atoms with Gasteiger partial charge in [-0.3, -0.25) is 9.48 Å². The number of carbonyl (C=O) groups is 1. The van der Waals surface area contributed by atoms with Crippen LogP contribution in [0, 0.1) is 0 Å². The Morgan fingerprint density at radius 1 is 1.44 bits per heavy atom. The first-order chi connectivity index (χ1) is 8.60. The topological polar surface area (TPSA) is 72.7 Å². The Labute approximate surface area is 109 Å². The second kappa shape index (κ2) is 5.14. The molecule has 7 heteroatoms. The summed E-state index contributed by atoms with van der Waals surface area (Å²) in [5.74, 6) is 0.0821. The van der Waals surface area contributed by atoms with E-state index in [1.807, 2.05) is 6.92 Å². The minimum atomic E-state index is -0.278. The van der Waals surface area contributed by atoms with Gasteiger partial charge in [0.2, 0.25) is 0 Å². The van der Waals surface area contributed by atoms with Crippen molar-refractivity contribution in [3.05, 3.63) is 35.0 Å². The third-order valence-electron chi connectivity index (χ3n) is 2.40. The Balaban J connectivity index is 2.19. The van der Waals surface area contributed by atoms with Gasteiger partial charge in [-0.15, -0.1) is 0 Å². The highest BCUT2D eigenvalue weighted by atomic mass is 35.5. The number of halogens is 1. The molecular formula is C11H12ClN5O. The van der Waals surface area contributed by atoms with Crippen LogP contribution >= 0.6 is 11.6 Å². The number of anilines is 1. The van der Waals surface area contributed by atoms with E-state index in [1.54, 1.807) is 13.1 Å². The first-order valence-corrected chi connectivity index (χ1v) is 5.79. The molecule has 0 saturated carbocycles. The van der Waals surface area contributed by atoms with Crippen LogP contribution in [0.4, 0.5) is 5.82 Å². The van der Waals surface area contributed by atoms with E-state index >= 15 is 0 Å². The number of nitrogens with zero attached hydrogens (tertiary/aromatic N) is 4. The van der Waals surface area contributed by atoms with Gasteiger partial charge in [-0.2, -0.15) is 5.10 Å². The lowest BCUT2D eigenvalue weighted by Crippen LogP contribution is -2.16. The van der Waals surface area contributed by atoms with E-state index in [9.17, 15) is 4.79 Å². The molecule has 2 aromatic rings. The molecule has 2 aromatic heterocycles. The van der Waals surface area contributed by atoms with Gasteiger partial charge in [0, 0.05) is 13.1 Å². The number of rotatable bonds is 3. The summed E-state index contributed by atoms with van der Waals surface area (Å²) in [6.45, 7) is 1.98. The predicted molar refractivity (Wildman–Crippen MR) is 67.6 cm³/mol. The molecule has 94 valence electrons. The van der Waals surface area contributed by atoms with Crippen LogP contribution in [0.25, 0.3) is 0 Å². The molecule has 2 rings (SSSR count). The smallest absolute Gasteiger partial charge is 0.275 e. The Morgan fingerprint density at radius 2 is 2.22 bits per heavy atom. The number of hydrogen-bond donors (Lipinski definition) is 1. The van der Waals surface area contributed by atoms with Crippen LogP contribution in [-0.2, 0) is 13.5 Å². The van der Waals surface area contributed by atoms with Crippen LogP contribution < -0.4 is 5.32 Å². The molecule has 6 nitrogen and oxygen atoms in total. The molecule has 0 radical (unpaired) electrons. The minimum absolute atomic E-state index is 0.277. The van der Waals surface area contributed by atoms with E-state index in [4.69, 9.17) is 11.6 Å². The maximum absolute atomic E-state index is 12.0. The summed E-state index contributed by atoms with van der Waals surface area (Å²) in [7, 11) is 1.72. The number of nitrogens with one attached hydrogen (secondary N) is 1. The first kappa shape index (κ1) is 12.5. The normalized spacial score (nSPS) is 10.4. The zero-order valence-electron chi connectivity index (χ0n) is 10.0.